The predicted molar refractivity (Wildman–Crippen MR) is 169 cm³/mol. The summed E-state index contributed by atoms with van der Waals surface area (Å²) in [6.45, 7) is 9.39. The fourth-order valence-electron chi connectivity index (χ4n) is 6.48. The molecule has 1 aliphatic carbocycles. The number of para-hydroxylation sites is 2. The van der Waals surface area contributed by atoms with Crippen LogP contribution in [0.5, 0.6) is 17.5 Å². The summed E-state index contributed by atoms with van der Waals surface area (Å²) < 4.78 is 7.78. The minimum atomic E-state index is -0.107. The second kappa shape index (κ2) is 12.4. The van der Waals surface area contributed by atoms with Gasteiger partial charge in [0.2, 0.25) is 0 Å². The van der Waals surface area contributed by atoms with Gasteiger partial charge in [0, 0.05) is 55.7 Å². The zero-order valence-electron chi connectivity index (χ0n) is 24.6. The van der Waals surface area contributed by atoms with E-state index in [0.717, 1.165) is 72.8 Å². The van der Waals surface area contributed by atoms with Gasteiger partial charge in [0.1, 0.15) is 5.75 Å². The Morgan fingerprint density at radius 2 is 1.21 bits per heavy atom. The maximum atomic E-state index is 11.6. The minimum absolute atomic E-state index is 0.107. The predicted octanol–water partition coefficient (Wildman–Crippen LogP) is 6.73. The van der Waals surface area contributed by atoms with Crippen LogP contribution in [0, 0.1) is 0 Å². The molecule has 1 aliphatic heterocycles. The van der Waals surface area contributed by atoms with Gasteiger partial charge in [-0.3, -0.25) is 9.47 Å². The van der Waals surface area contributed by atoms with E-state index in [1.807, 2.05) is 42.5 Å². The first-order valence-corrected chi connectivity index (χ1v) is 15.2. The zero-order chi connectivity index (χ0) is 29.1. The average molecular weight is 564 g/mol. The first-order chi connectivity index (χ1) is 20.5. The highest BCUT2D eigenvalue weighted by molar-refractivity contribution is 5.61. The van der Waals surface area contributed by atoms with Gasteiger partial charge in [-0.15, -0.1) is 0 Å². The van der Waals surface area contributed by atoms with Gasteiger partial charge in [-0.1, -0.05) is 84.9 Å². The Morgan fingerprint density at radius 3 is 1.76 bits per heavy atom. The average Bonchev–Trinajstić information content (AvgIpc) is 3.27. The molecule has 0 saturated carbocycles. The van der Waals surface area contributed by atoms with Crippen LogP contribution in [0.4, 0.5) is 5.69 Å². The SMILES string of the molecule is CC(C)Oc1ccccc1N1CCN(CCCn2c(O)c3c(c2O)C(c2ccccc2)C=CC3c2ccccc2)CC1. The lowest BCUT2D eigenvalue weighted by molar-refractivity contribution is 0.235. The number of rotatable bonds is 9. The van der Waals surface area contributed by atoms with Crippen molar-refractivity contribution in [2.75, 3.05) is 37.6 Å². The number of aromatic hydroxyl groups is 2. The molecule has 0 amide bonds. The molecular weight excluding hydrogens is 522 g/mol. The standard InChI is InChI=1S/C36H41N3O3/c1-26(2)42-32-17-10-9-16-31(32)38-24-22-37(23-25-38)20-11-21-39-35(40)33-29(27-12-5-3-6-13-27)18-19-30(34(33)36(39)41)28-14-7-4-8-15-28/h3-10,12-19,26,29-30,40-41H,11,20-25H2,1-2H3. The second-order valence-electron chi connectivity index (χ2n) is 11.6. The second-order valence-corrected chi connectivity index (χ2v) is 11.6. The number of fused-ring (bicyclic) bond motifs is 1. The van der Waals surface area contributed by atoms with Gasteiger partial charge in [-0.25, -0.2) is 0 Å². The Labute approximate surface area is 249 Å². The minimum Gasteiger partial charge on any atom is -0.494 e. The van der Waals surface area contributed by atoms with Crippen LogP contribution >= 0.6 is 0 Å². The molecule has 42 heavy (non-hydrogen) atoms. The van der Waals surface area contributed by atoms with Crippen molar-refractivity contribution in [1.82, 2.24) is 9.47 Å². The summed E-state index contributed by atoms with van der Waals surface area (Å²) in [5, 5.41) is 23.1. The van der Waals surface area contributed by atoms with Gasteiger partial charge in [0.25, 0.3) is 0 Å². The van der Waals surface area contributed by atoms with Crippen LogP contribution < -0.4 is 9.64 Å². The third-order valence-electron chi connectivity index (χ3n) is 8.52. The van der Waals surface area contributed by atoms with Crippen molar-refractivity contribution in [1.29, 1.82) is 0 Å². The highest BCUT2D eigenvalue weighted by atomic mass is 16.5. The molecule has 218 valence electrons. The fraction of sp³-hybridized carbons (Fsp3) is 0.333. The Bertz CT molecular complexity index is 1430. The molecule has 6 rings (SSSR count). The molecule has 2 atom stereocenters. The number of anilines is 1. The first-order valence-electron chi connectivity index (χ1n) is 15.2. The molecule has 1 saturated heterocycles. The van der Waals surface area contributed by atoms with Crippen LogP contribution in [0.3, 0.4) is 0 Å². The van der Waals surface area contributed by atoms with E-state index < -0.39 is 0 Å². The Kier molecular flexibility index (Phi) is 8.24. The maximum absolute atomic E-state index is 11.6. The monoisotopic (exact) mass is 563 g/mol. The highest BCUT2D eigenvalue weighted by Crippen LogP contribution is 2.50. The van der Waals surface area contributed by atoms with E-state index in [9.17, 15) is 10.2 Å². The Balaban J connectivity index is 1.16. The lowest BCUT2D eigenvalue weighted by Crippen LogP contribution is -2.46. The van der Waals surface area contributed by atoms with E-state index in [1.165, 1.54) is 0 Å². The Morgan fingerprint density at radius 1 is 0.690 bits per heavy atom. The molecule has 1 aromatic heterocycles. The molecule has 6 heteroatoms. The molecule has 2 aliphatic rings. The molecule has 1 fully saturated rings. The van der Waals surface area contributed by atoms with Crippen LogP contribution in [0.2, 0.25) is 0 Å². The smallest absolute Gasteiger partial charge is 0.198 e. The summed E-state index contributed by atoms with van der Waals surface area (Å²) in [6.07, 6.45) is 5.31. The highest BCUT2D eigenvalue weighted by Gasteiger charge is 2.35. The molecule has 0 spiro atoms. The molecule has 0 radical (unpaired) electrons. The zero-order valence-corrected chi connectivity index (χ0v) is 24.6. The van der Waals surface area contributed by atoms with Gasteiger partial charge < -0.3 is 19.8 Å². The summed E-state index contributed by atoms with van der Waals surface area (Å²) in [7, 11) is 0. The molecule has 3 aromatic carbocycles. The topological polar surface area (TPSA) is 61.1 Å². The van der Waals surface area contributed by atoms with Crippen molar-refractivity contribution in [3.05, 3.63) is 119 Å². The molecule has 2 unspecified atom stereocenters. The van der Waals surface area contributed by atoms with Crippen molar-refractivity contribution < 1.29 is 14.9 Å². The summed E-state index contributed by atoms with van der Waals surface area (Å²) in [5.41, 5.74) is 4.99. The van der Waals surface area contributed by atoms with Crippen molar-refractivity contribution in [3.63, 3.8) is 0 Å². The number of ether oxygens (including phenoxy) is 1. The van der Waals surface area contributed by atoms with Gasteiger partial charge in [0.05, 0.1) is 11.8 Å². The number of hydrogen-bond acceptors (Lipinski definition) is 5. The third-order valence-corrected chi connectivity index (χ3v) is 8.52. The van der Waals surface area contributed by atoms with Crippen molar-refractivity contribution in [2.45, 2.75) is 44.8 Å². The third kappa shape index (κ3) is 5.64. The fourth-order valence-corrected chi connectivity index (χ4v) is 6.48. The maximum Gasteiger partial charge on any atom is 0.198 e. The van der Waals surface area contributed by atoms with E-state index >= 15 is 0 Å². The van der Waals surface area contributed by atoms with E-state index in [2.05, 4.69) is 78.3 Å². The number of hydrogen-bond donors (Lipinski definition) is 2. The normalized spacial score (nSPS) is 18.8. The number of nitrogens with zero attached hydrogens (tertiary/aromatic N) is 3. The lowest BCUT2D eigenvalue weighted by Gasteiger charge is -2.37. The van der Waals surface area contributed by atoms with Gasteiger partial charge in [-0.2, -0.15) is 0 Å². The van der Waals surface area contributed by atoms with E-state index in [4.69, 9.17) is 4.74 Å². The van der Waals surface area contributed by atoms with Crippen LogP contribution in [-0.2, 0) is 6.54 Å². The summed E-state index contributed by atoms with van der Waals surface area (Å²) in [6, 6.07) is 28.7. The van der Waals surface area contributed by atoms with Crippen molar-refractivity contribution in [3.8, 4) is 17.5 Å². The van der Waals surface area contributed by atoms with Crippen molar-refractivity contribution >= 4 is 5.69 Å². The molecule has 2 N–H and O–H groups in total. The van der Waals surface area contributed by atoms with Crippen molar-refractivity contribution in [2.24, 2.45) is 0 Å². The van der Waals surface area contributed by atoms with Gasteiger partial charge in [0.15, 0.2) is 11.8 Å². The number of piperazine rings is 1. The van der Waals surface area contributed by atoms with Crippen LogP contribution in [0.15, 0.2) is 97.1 Å². The molecular formula is C36H41N3O3. The molecule has 6 nitrogen and oxygen atoms in total. The quantitative estimate of drug-likeness (QED) is 0.221. The van der Waals surface area contributed by atoms with Gasteiger partial charge in [-0.05, 0) is 50.1 Å². The lowest BCUT2D eigenvalue weighted by atomic mass is 9.78. The number of allylic oxidation sites excluding steroid dienone is 2. The van der Waals surface area contributed by atoms with Gasteiger partial charge >= 0.3 is 0 Å². The summed E-state index contributed by atoms with van der Waals surface area (Å²) in [5.74, 6) is 1.08. The molecule has 0 bridgehead atoms. The first kappa shape index (κ1) is 28.0. The van der Waals surface area contributed by atoms with E-state index in [-0.39, 0.29) is 29.7 Å². The van der Waals surface area contributed by atoms with Crippen LogP contribution in [0.1, 0.15) is 54.4 Å². The van der Waals surface area contributed by atoms with E-state index in [0.29, 0.717) is 6.54 Å². The van der Waals surface area contributed by atoms with E-state index in [1.54, 1.807) is 4.57 Å². The molecule has 2 heterocycles. The molecule has 4 aromatic rings. The number of benzene rings is 3. The number of aromatic nitrogens is 1. The van der Waals surface area contributed by atoms with Crippen LogP contribution in [-0.4, -0.2) is 58.5 Å². The van der Waals surface area contributed by atoms with Crippen LogP contribution in [0.25, 0.3) is 0 Å². The largest absolute Gasteiger partial charge is 0.494 e. The summed E-state index contributed by atoms with van der Waals surface area (Å²) in [4.78, 5) is 4.88. The Hall–Kier alpha value is -4.16. The summed E-state index contributed by atoms with van der Waals surface area (Å²) >= 11 is 0.